The topological polar surface area (TPSA) is 24.3 Å². The molecule has 2 saturated heterocycles. The molecule has 23 heavy (non-hydrogen) atoms. The first-order valence-electron chi connectivity index (χ1n) is 8.73. The molecule has 0 aliphatic carbocycles. The first-order valence-corrected chi connectivity index (χ1v) is 8.73. The summed E-state index contributed by atoms with van der Waals surface area (Å²) in [5, 5.41) is 4.54. The second-order valence-corrected chi connectivity index (χ2v) is 7.14. The SMILES string of the molecule is Cn1ccc(CN2CCC23CCN(CCc2ccccc2)C3)n1. The maximum Gasteiger partial charge on any atom is 0.0764 e. The van der Waals surface area contributed by atoms with Crippen LogP contribution in [0.3, 0.4) is 0 Å². The second kappa shape index (κ2) is 6.10. The third kappa shape index (κ3) is 3.06. The van der Waals surface area contributed by atoms with Crippen molar-refractivity contribution >= 4 is 0 Å². The molecule has 4 heteroatoms. The minimum absolute atomic E-state index is 0.425. The van der Waals surface area contributed by atoms with Gasteiger partial charge in [0.2, 0.25) is 0 Å². The minimum atomic E-state index is 0.425. The summed E-state index contributed by atoms with van der Waals surface area (Å²) in [6.45, 7) is 5.89. The predicted molar refractivity (Wildman–Crippen MR) is 92.2 cm³/mol. The maximum absolute atomic E-state index is 4.54. The highest BCUT2D eigenvalue weighted by Crippen LogP contribution is 2.39. The zero-order valence-corrected chi connectivity index (χ0v) is 14.0. The number of benzene rings is 1. The molecule has 1 aromatic heterocycles. The summed E-state index contributed by atoms with van der Waals surface area (Å²) < 4.78 is 1.91. The van der Waals surface area contributed by atoms with Crippen LogP contribution in [0.25, 0.3) is 0 Å². The fourth-order valence-electron chi connectivity index (χ4n) is 4.10. The van der Waals surface area contributed by atoms with Crippen LogP contribution in [-0.2, 0) is 20.0 Å². The Kier molecular flexibility index (Phi) is 3.95. The van der Waals surface area contributed by atoms with E-state index in [1.54, 1.807) is 0 Å². The van der Waals surface area contributed by atoms with Gasteiger partial charge in [-0.25, -0.2) is 0 Å². The van der Waals surface area contributed by atoms with Crippen molar-refractivity contribution in [3.05, 3.63) is 53.9 Å². The van der Waals surface area contributed by atoms with Crippen molar-refractivity contribution in [1.29, 1.82) is 0 Å². The number of aryl methyl sites for hydroxylation is 1. The average Bonchev–Trinajstić information content (AvgIpc) is 3.18. The van der Waals surface area contributed by atoms with Crippen molar-refractivity contribution in [2.75, 3.05) is 26.2 Å². The van der Waals surface area contributed by atoms with Gasteiger partial charge in [0.15, 0.2) is 0 Å². The third-order valence-corrected chi connectivity index (χ3v) is 5.61. The van der Waals surface area contributed by atoms with Gasteiger partial charge in [0.25, 0.3) is 0 Å². The summed E-state index contributed by atoms with van der Waals surface area (Å²) in [4.78, 5) is 5.30. The standard InChI is InChI=1S/C19H26N4/c1-21-11-8-18(20-21)15-23-14-10-19(23)9-13-22(16-19)12-7-17-5-3-2-4-6-17/h2-6,8,11H,7,9-10,12-16H2,1H3. The van der Waals surface area contributed by atoms with Crippen molar-refractivity contribution in [3.8, 4) is 0 Å². The molecule has 2 aliphatic rings. The molecule has 2 fully saturated rings. The van der Waals surface area contributed by atoms with Crippen LogP contribution >= 0.6 is 0 Å². The summed E-state index contributed by atoms with van der Waals surface area (Å²) in [5.41, 5.74) is 3.08. The van der Waals surface area contributed by atoms with Crippen LogP contribution in [0.4, 0.5) is 0 Å². The molecular weight excluding hydrogens is 284 g/mol. The summed E-state index contributed by atoms with van der Waals surface area (Å²) in [6, 6.07) is 13.0. The van der Waals surface area contributed by atoms with Gasteiger partial charge in [-0.1, -0.05) is 30.3 Å². The average molecular weight is 310 g/mol. The minimum Gasteiger partial charge on any atom is -0.301 e. The fourth-order valence-corrected chi connectivity index (χ4v) is 4.10. The van der Waals surface area contributed by atoms with E-state index in [-0.39, 0.29) is 0 Å². The monoisotopic (exact) mass is 310 g/mol. The van der Waals surface area contributed by atoms with Crippen molar-refractivity contribution in [2.24, 2.45) is 7.05 Å². The summed E-state index contributed by atoms with van der Waals surface area (Å²) in [6.07, 6.45) is 5.87. The van der Waals surface area contributed by atoms with Crippen LogP contribution in [0.2, 0.25) is 0 Å². The van der Waals surface area contributed by atoms with Crippen molar-refractivity contribution in [3.63, 3.8) is 0 Å². The molecule has 0 N–H and O–H groups in total. The lowest BCUT2D eigenvalue weighted by Gasteiger charge is -2.50. The molecule has 0 radical (unpaired) electrons. The largest absolute Gasteiger partial charge is 0.301 e. The normalized spacial score (nSPS) is 25.1. The number of rotatable bonds is 5. The summed E-state index contributed by atoms with van der Waals surface area (Å²) in [7, 11) is 2.00. The van der Waals surface area contributed by atoms with E-state index < -0.39 is 0 Å². The van der Waals surface area contributed by atoms with E-state index in [9.17, 15) is 0 Å². The molecule has 2 aliphatic heterocycles. The summed E-state index contributed by atoms with van der Waals surface area (Å²) >= 11 is 0. The van der Waals surface area contributed by atoms with Gasteiger partial charge in [-0.15, -0.1) is 0 Å². The Balaban J connectivity index is 1.32. The molecule has 0 saturated carbocycles. The molecule has 1 atom stereocenters. The van der Waals surface area contributed by atoms with E-state index in [4.69, 9.17) is 0 Å². The molecule has 2 aromatic rings. The zero-order chi connectivity index (χ0) is 15.7. The van der Waals surface area contributed by atoms with Gasteiger partial charge in [0.1, 0.15) is 0 Å². The molecule has 3 heterocycles. The first kappa shape index (κ1) is 14.9. The van der Waals surface area contributed by atoms with E-state index in [1.165, 1.54) is 50.3 Å². The molecule has 4 rings (SSSR count). The van der Waals surface area contributed by atoms with Crippen LogP contribution < -0.4 is 0 Å². The van der Waals surface area contributed by atoms with E-state index in [1.807, 2.05) is 17.9 Å². The van der Waals surface area contributed by atoms with Crippen LogP contribution in [0, 0.1) is 0 Å². The molecule has 0 bridgehead atoms. The Morgan fingerprint density at radius 2 is 1.91 bits per heavy atom. The fraction of sp³-hybridized carbons (Fsp3) is 0.526. The molecule has 122 valence electrons. The Morgan fingerprint density at radius 3 is 2.61 bits per heavy atom. The van der Waals surface area contributed by atoms with Gasteiger partial charge < -0.3 is 4.90 Å². The number of hydrogen-bond acceptors (Lipinski definition) is 3. The van der Waals surface area contributed by atoms with E-state index in [2.05, 4.69) is 51.3 Å². The molecule has 4 nitrogen and oxygen atoms in total. The molecule has 1 unspecified atom stereocenters. The smallest absolute Gasteiger partial charge is 0.0764 e. The lowest BCUT2D eigenvalue weighted by Crippen LogP contribution is -2.60. The second-order valence-electron chi connectivity index (χ2n) is 7.14. The number of aromatic nitrogens is 2. The number of likely N-dealkylation sites (tertiary alicyclic amines) is 2. The Labute approximate surface area is 138 Å². The third-order valence-electron chi connectivity index (χ3n) is 5.61. The van der Waals surface area contributed by atoms with Crippen molar-refractivity contribution < 1.29 is 0 Å². The van der Waals surface area contributed by atoms with Crippen LogP contribution in [-0.4, -0.2) is 51.3 Å². The van der Waals surface area contributed by atoms with Crippen molar-refractivity contribution in [2.45, 2.75) is 31.3 Å². The maximum atomic E-state index is 4.54. The van der Waals surface area contributed by atoms with Gasteiger partial charge >= 0.3 is 0 Å². The zero-order valence-electron chi connectivity index (χ0n) is 14.0. The molecule has 0 amide bonds. The van der Waals surface area contributed by atoms with Gasteiger partial charge in [-0.3, -0.25) is 9.58 Å². The Bertz CT molecular complexity index is 650. The number of nitrogens with zero attached hydrogens (tertiary/aromatic N) is 4. The highest BCUT2D eigenvalue weighted by Gasteiger charge is 2.48. The quantitative estimate of drug-likeness (QED) is 0.847. The van der Waals surface area contributed by atoms with E-state index in [0.29, 0.717) is 5.54 Å². The van der Waals surface area contributed by atoms with E-state index >= 15 is 0 Å². The lowest BCUT2D eigenvalue weighted by atomic mass is 9.83. The Morgan fingerprint density at radius 1 is 1.09 bits per heavy atom. The van der Waals surface area contributed by atoms with Gasteiger partial charge in [-0.05, 0) is 30.9 Å². The van der Waals surface area contributed by atoms with Crippen molar-refractivity contribution in [1.82, 2.24) is 19.6 Å². The molecular formula is C19H26N4. The highest BCUT2D eigenvalue weighted by molar-refractivity contribution is 5.15. The summed E-state index contributed by atoms with van der Waals surface area (Å²) in [5.74, 6) is 0. The predicted octanol–water partition coefficient (Wildman–Crippen LogP) is 2.31. The van der Waals surface area contributed by atoms with Gasteiger partial charge in [0.05, 0.1) is 5.69 Å². The van der Waals surface area contributed by atoms with Crippen LogP contribution in [0.1, 0.15) is 24.1 Å². The first-order chi connectivity index (χ1) is 11.2. The van der Waals surface area contributed by atoms with E-state index in [0.717, 1.165) is 13.0 Å². The van der Waals surface area contributed by atoms with Gasteiger partial charge in [0, 0.05) is 51.5 Å². The molecule has 1 spiro atoms. The van der Waals surface area contributed by atoms with Gasteiger partial charge in [-0.2, -0.15) is 5.10 Å². The highest BCUT2D eigenvalue weighted by atomic mass is 15.3. The lowest BCUT2D eigenvalue weighted by molar-refractivity contribution is -0.0150. The number of hydrogen-bond donors (Lipinski definition) is 0. The Hall–Kier alpha value is -1.65. The van der Waals surface area contributed by atoms with Crippen LogP contribution in [0.15, 0.2) is 42.6 Å². The molecule has 1 aromatic carbocycles. The van der Waals surface area contributed by atoms with Crippen LogP contribution in [0.5, 0.6) is 0 Å².